The highest BCUT2D eigenvalue weighted by Crippen LogP contribution is 2.27. The van der Waals surface area contributed by atoms with Gasteiger partial charge in [-0.15, -0.1) is 0 Å². The number of fused-ring (bicyclic) bond motifs is 1. The lowest BCUT2D eigenvalue weighted by Gasteiger charge is -2.11. The third-order valence-electron chi connectivity index (χ3n) is 4.59. The SMILES string of the molecule is Cc1nc(NCCNS(=O)(=O)c2ccc3c(c2)CCO3)cc(-n2ccnc2C)n1. The molecule has 4 rings (SSSR count). The lowest BCUT2D eigenvalue weighted by atomic mass is 10.2. The Kier molecular flexibility index (Phi) is 5.20. The van der Waals surface area contributed by atoms with Crippen molar-refractivity contribution in [2.45, 2.75) is 25.2 Å². The number of nitrogens with one attached hydrogen (secondary N) is 2. The molecule has 0 aliphatic carbocycles. The number of ether oxygens (including phenoxy) is 1. The fourth-order valence-corrected chi connectivity index (χ4v) is 4.26. The molecule has 0 saturated heterocycles. The second kappa shape index (κ2) is 7.80. The van der Waals surface area contributed by atoms with Crippen LogP contribution in [0.15, 0.2) is 41.6 Å². The largest absolute Gasteiger partial charge is 0.493 e. The quantitative estimate of drug-likeness (QED) is 0.565. The van der Waals surface area contributed by atoms with Gasteiger partial charge in [0.05, 0.1) is 11.5 Å². The predicted octanol–water partition coefficient (Wildman–Crippen LogP) is 1.60. The lowest BCUT2D eigenvalue weighted by Crippen LogP contribution is -2.29. The van der Waals surface area contributed by atoms with Gasteiger partial charge in [0, 0.05) is 38.0 Å². The third kappa shape index (κ3) is 4.22. The summed E-state index contributed by atoms with van der Waals surface area (Å²) >= 11 is 0. The van der Waals surface area contributed by atoms with E-state index in [1.54, 1.807) is 37.4 Å². The molecule has 29 heavy (non-hydrogen) atoms. The predicted molar refractivity (Wildman–Crippen MR) is 108 cm³/mol. The normalized spacial score (nSPS) is 13.2. The van der Waals surface area contributed by atoms with Crippen LogP contribution < -0.4 is 14.8 Å². The molecule has 3 heterocycles. The van der Waals surface area contributed by atoms with E-state index in [4.69, 9.17) is 4.74 Å². The van der Waals surface area contributed by atoms with Gasteiger partial charge in [0.2, 0.25) is 10.0 Å². The van der Waals surface area contributed by atoms with E-state index in [0.29, 0.717) is 30.6 Å². The zero-order chi connectivity index (χ0) is 20.4. The molecular formula is C19H22N6O3S. The number of imidazole rings is 1. The van der Waals surface area contributed by atoms with Gasteiger partial charge in [0.25, 0.3) is 0 Å². The van der Waals surface area contributed by atoms with Crippen LogP contribution >= 0.6 is 0 Å². The maximum atomic E-state index is 12.5. The standard InChI is InChI=1S/C19H22N6O3S/c1-13-23-18(12-19(24-13)25-9-8-20-14(25)2)21-6-7-22-29(26,27)16-3-4-17-15(11-16)5-10-28-17/h3-4,8-9,11-12,22H,5-7,10H2,1-2H3,(H,21,23,24). The summed E-state index contributed by atoms with van der Waals surface area (Å²) in [6, 6.07) is 6.74. The Labute approximate surface area is 169 Å². The first-order chi connectivity index (χ1) is 13.9. The van der Waals surface area contributed by atoms with Gasteiger partial charge >= 0.3 is 0 Å². The van der Waals surface area contributed by atoms with Gasteiger partial charge in [0.15, 0.2) is 0 Å². The molecule has 2 aromatic heterocycles. The number of aryl methyl sites for hydroxylation is 2. The fraction of sp³-hybridized carbons (Fsp3) is 0.316. The number of benzene rings is 1. The Morgan fingerprint density at radius 1 is 1.17 bits per heavy atom. The Morgan fingerprint density at radius 2 is 2.03 bits per heavy atom. The zero-order valence-electron chi connectivity index (χ0n) is 16.2. The van der Waals surface area contributed by atoms with Crippen molar-refractivity contribution in [3.63, 3.8) is 0 Å². The van der Waals surface area contributed by atoms with E-state index in [9.17, 15) is 8.42 Å². The van der Waals surface area contributed by atoms with Crippen molar-refractivity contribution < 1.29 is 13.2 Å². The maximum absolute atomic E-state index is 12.5. The van der Waals surface area contributed by atoms with Crippen LogP contribution in [0, 0.1) is 13.8 Å². The van der Waals surface area contributed by atoms with E-state index >= 15 is 0 Å². The van der Waals surface area contributed by atoms with Crippen LogP contribution in [0.4, 0.5) is 5.82 Å². The molecule has 0 amide bonds. The van der Waals surface area contributed by atoms with E-state index in [1.165, 1.54) is 0 Å². The van der Waals surface area contributed by atoms with Crippen molar-refractivity contribution in [3.05, 3.63) is 53.9 Å². The fourth-order valence-electron chi connectivity index (χ4n) is 3.18. The van der Waals surface area contributed by atoms with Crippen LogP contribution in [0.5, 0.6) is 5.75 Å². The highest BCUT2D eigenvalue weighted by Gasteiger charge is 2.18. The molecule has 1 aliphatic rings. The summed E-state index contributed by atoms with van der Waals surface area (Å²) in [6.45, 7) is 4.89. The highest BCUT2D eigenvalue weighted by molar-refractivity contribution is 7.89. The van der Waals surface area contributed by atoms with Gasteiger partial charge in [0.1, 0.15) is 29.0 Å². The number of hydrogen-bond acceptors (Lipinski definition) is 7. The molecule has 0 spiro atoms. The second-order valence-electron chi connectivity index (χ2n) is 6.70. The molecular weight excluding hydrogens is 392 g/mol. The van der Waals surface area contributed by atoms with Crippen molar-refractivity contribution in [2.24, 2.45) is 0 Å². The minimum absolute atomic E-state index is 0.221. The summed E-state index contributed by atoms with van der Waals surface area (Å²) in [5.74, 6) is 3.51. The first-order valence-electron chi connectivity index (χ1n) is 9.28. The van der Waals surface area contributed by atoms with Crippen LogP contribution in [-0.2, 0) is 16.4 Å². The number of nitrogens with zero attached hydrogens (tertiary/aromatic N) is 4. The van der Waals surface area contributed by atoms with E-state index in [-0.39, 0.29) is 11.4 Å². The van der Waals surface area contributed by atoms with Gasteiger partial charge < -0.3 is 10.1 Å². The van der Waals surface area contributed by atoms with E-state index in [1.807, 2.05) is 17.7 Å². The summed E-state index contributed by atoms with van der Waals surface area (Å²) in [5.41, 5.74) is 0.921. The molecule has 152 valence electrons. The van der Waals surface area contributed by atoms with Gasteiger partial charge in [-0.05, 0) is 37.6 Å². The average Bonchev–Trinajstić information content (AvgIpc) is 3.32. The second-order valence-corrected chi connectivity index (χ2v) is 8.46. The lowest BCUT2D eigenvalue weighted by molar-refractivity contribution is 0.356. The Hall–Kier alpha value is -2.98. The molecule has 3 aromatic rings. The number of sulfonamides is 1. The average molecular weight is 414 g/mol. The van der Waals surface area contributed by atoms with E-state index < -0.39 is 10.0 Å². The number of hydrogen-bond donors (Lipinski definition) is 2. The molecule has 0 bridgehead atoms. The van der Waals surface area contributed by atoms with Crippen LogP contribution in [0.25, 0.3) is 5.82 Å². The van der Waals surface area contributed by atoms with Crippen molar-refractivity contribution in [2.75, 3.05) is 25.0 Å². The Balaban J connectivity index is 1.38. The van der Waals surface area contributed by atoms with Gasteiger partial charge in [-0.1, -0.05) is 0 Å². The Morgan fingerprint density at radius 3 is 2.83 bits per heavy atom. The minimum Gasteiger partial charge on any atom is -0.493 e. The van der Waals surface area contributed by atoms with Crippen LogP contribution in [0.3, 0.4) is 0 Å². The van der Waals surface area contributed by atoms with Crippen LogP contribution in [0.2, 0.25) is 0 Å². The molecule has 0 fully saturated rings. The smallest absolute Gasteiger partial charge is 0.240 e. The molecule has 0 atom stereocenters. The first-order valence-corrected chi connectivity index (χ1v) is 10.8. The molecule has 9 nitrogen and oxygen atoms in total. The monoisotopic (exact) mass is 414 g/mol. The van der Waals surface area contributed by atoms with Crippen LogP contribution in [0.1, 0.15) is 17.2 Å². The molecule has 1 aliphatic heterocycles. The maximum Gasteiger partial charge on any atom is 0.240 e. The van der Waals surface area contributed by atoms with E-state index in [0.717, 1.165) is 23.6 Å². The van der Waals surface area contributed by atoms with Crippen molar-refractivity contribution in [3.8, 4) is 11.6 Å². The number of rotatable bonds is 7. The van der Waals surface area contributed by atoms with Crippen molar-refractivity contribution >= 4 is 15.8 Å². The number of anilines is 1. The summed E-state index contributed by atoms with van der Waals surface area (Å²) in [6.07, 6.45) is 4.27. The first kappa shape index (κ1) is 19.3. The molecule has 10 heteroatoms. The van der Waals surface area contributed by atoms with Crippen molar-refractivity contribution in [1.82, 2.24) is 24.2 Å². The number of aromatic nitrogens is 4. The summed E-state index contributed by atoms with van der Waals surface area (Å²) < 4.78 is 35.0. The highest BCUT2D eigenvalue weighted by atomic mass is 32.2. The minimum atomic E-state index is -3.58. The molecule has 0 unspecified atom stereocenters. The topological polar surface area (TPSA) is 111 Å². The summed E-state index contributed by atoms with van der Waals surface area (Å²) in [4.78, 5) is 13.2. The zero-order valence-corrected chi connectivity index (χ0v) is 17.0. The molecule has 1 aromatic carbocycles. The Bertz CT molecular complexity index is 1140. The van der Waals surface area contributed by atoms with Crippen LogP contribution in [-0.4, -0.2) is 47.6 Å². The molecule has 0 saturated carbocycles. The van der Waals surface area contributed by atoms with Gasteiger partial charge in [-0.3, -0.25) is 4.57 Å². The van der Waals surface area contributed by atoms with Gasteiger partial charge in [-0.25, -0.2) is 28.1 Å². The van der Waals surface area contributed by atoms with Crippen molar-refractivity contribution in [1.29, 1.82) is 0 Å². The third-order valence-corrected chi connectivity index (χ3v) is 6.05. The van der Waals surface area contributed by atoms with E-state index in [2.05, 4.69) is 25.0 Å². The summed E-state index contributed by atoms with van der Waals surface area (Å²) in [7, 11) is -3.58. The molecule has 0 radical (unpaired) electrons. The van der Waals surface area contributed by atoms with Gasteiger partial charge in [-0.2, -0.15) is 0 Å². The molecule has 2 N–H and O–H groups in total. The summed E-state index contributed by atoms with van der Waals surface area (Å²) in [5, 5.41) is 3.14.